The number of halogens is 2. The van der Waals surface area contributed by atoms with Crippen LogP contribution in [-0.2, 0) is 24.1 Å². The Balaban J connectivity index is 1.95. The number of rotatable bonds is 6. The Morgan fingerprint density at radius 2 is 2.12 bits per heavy atom. The Morgan fingerprint density at radius 1 is 1.32 bits per heavy atom. The van der Waals surface area contributed by atoms with E-state index in [9.17, 15) is 13.6 Å². The van der Waals surface area contributed by atoms with Crippen molar-refractivity contribution in [3.63, 3.8) is 0 Å². The summed E-state index contributed by atoms with van der Waals surface area (Å²) in [5, 5.41) is 4.16. The topological polar surface area (TPSA) is 86.7 Å². The van der Waals surface area contributed by atoms with Gasteiger partial charge < -0.3 is 5.73 Å². The Labute approximate surface area is 146 Å². The van der Waals surface area contributed by atoms with Gasteiger partial charge in [0.2, 0.25) is 5.91 Å². The highest BCUT2D eigenvalue weighted by Gasteiger charge is 2.17. The Kier molecular flexibility index (Phi) is 4.84. The van der Waals surface area contributed by atoms with Gasteiger partial charge in [0.15, 0.2) is 11.6 Å². The number of hydrogen-bond acceptors (Lipinski definition) is 5. The first-order chi connectivity index (χ1) is 11.9. The predicted molar refractivity (Wildman–Crippen MR) is 88.4 cm³/mol. The molecule has 6 nitrogen and oxygen atoms in total. The monoisotopic (exact) mass is 363 g/mol. The highest BCUT2D eigenvalue weighted by Crippen LogP contribution is 2.19. The average molecular weight is 363 g/mol. The molecular weight excluding hydrogens is 348 g/mol. The molecule has 0 aliphatic carbocycles. The lowest BCUT2D eigenvalue weighted by molar-refractivity contribution is -0.117. The molecule has 0 aliphatic heterocycles. The van der Waals surface area contributed by atoms with Gasteiger partial charge in [-0.2, -0.15) is 5.10 Å². The molecule has 2 N–H and O–H groups in total. The van der Waals surface area contributed by atoms with Crippen LogP contribution in [0.1, 0.15) is 22.2 Å². The summed E-state index contributed by atoms with van der Waals surface area (Å²) in [5.41, 5.74) is 7.94. The average Bonchev–Trinajstić information content (AvgIpc) is 3.11. The van der Waals surface area contributed by atoms with Crippen LogP contribution in [-0.4, -0.2) is 25.7 Å². The van der Waals surface area contributed by atoms with Gasteiger partial charge in [-0.15, -0.1) is 11.3 Å². The van der Waals surface area contributed by atoms with Crippen LogP contribution in [0.4, 0.5) is 8.78 Å². The Hall–Kier alpha value is -2.68. The molecular formula is C16H15F2N5OS. The first-order valence-electron chi connectivity index (χ1n) is 7.51. The number of primary amides is 1. The zero-order valence-corrected chi connectivity index (χ0v) is 14.2. The van der Waals surface area contributed by atoms with E-state index in [1.807, 2.05) is 6.92 Å². The number of amides is 1. The van der Waals surface area contributed by atoms with E-state index in [2.05, 4.69) is 15.1 Å². The number of carbonyl (C=O) groups excluding carboxylic acids is 1. The van der Waals surface area contributed by atoms with E-state index in [0.717, 1.165) is 22.7 Å². The standard InChI is InChI=1S/C16H15F2N5OS/c1-9-13(25-8-20-9)4-5-16-21-15(7-14(19)24)22-23(16)12-3-2-10(17)6-11(12)18/h2-3,6,8H,4-5,7H2,1H3,(H2,19,24). The summed E-state index contributed by atoms with van der Waals surface area (Å²) in [7, 11) is 0. The van der Waals surface area contributed by atoms with Crippen molar-refractivity contribution in [2.75, 3.05) is 0 Å². The number of thiazole rings is 1. The summed E-state index contributed by atoms with van der Waals surface area (Å²) < 4.78 is 28.6. The third-order valence-electron chi connectivity index (χ3n) is 3.61. The molecule has 0 unspecified atom stereocenters. The molecule has 0 atom stereocenters. The van der Waals surface area contributed by atoms with E-state index >= 15 is 0 Å². The van der Waals surface area contributed by atoms with E-state index < -0.39 is 17.5 Å². The van der Waals surface area contributed by atoms with Crippen LogP contribution in [0, 0.1) is 18.6 Å². The van der Waals surface area contributed by atoms with Gasteiger partial charge >= 0.3 is 0 Å². The van der Waals surface area contributed by atoms with Crippen molar-refractivity contribution in [3.8, 4) is 5.69 Å². The molecule has 0 spiro atoms. The van der Waals surface area contributed by atoms with Gasteiger partial charge in [0.05, 0.1) is 17.6 Å². The summed E-state index contributed by atoms with van der Waals surface area (Å²) in [6, 6.07) is 3.21. The van der Waals surface area contributed by atoms with Crippen LogP contribution < -0.4 is 5.73 Å². The van der Waals surface area contributed by atoms with E-state index in [4.69, 9.17) is 5.73 Å². The lowest BCUT2D eigenvalue weighted by Gasteiger charge is -2.07. The SMILES string of the molecule is Cc1ncsc1CCc1nc(CC(N)=O)nn1-c1ccc(F)cc1F. The molecule has 0 fully saturated rings. The largest absolute Gasteiger partial charge is 0.369 e. The zero-order valence-electron chi connectivity index (χ0n) is 13.4. The summed E-state index contributed by atoms with van der Waals surface area (Å²) in [5.74, 6) is -1.35. The van der Waals surface area contributed by atoms with Crippen LogP contribution in [0.25, 0.3) is 5.69 Å². The molecule has 2 aromatic heterocycles. The molecule has 0 aliphatic rings. The molecule has 1 aromatic carbocycles. The molecule has 0 bridgehead atoms. The summed E-state index contributed by atoms with van der Waals surface area (Å²) >= 11 is 1.53. The van der Waals surface area contributed by atoms with Crippen LogP contribution >= 0.6 is 11.3 Å². The third kappa shape index (κ3) is 3.87. The molecule has 0 saturated heterocycles. The van der Waals surface area contributed by atoms with Gasteiger partial charge in [0.25, 0.3) is 0 Å². The van der Waals surface area contributed by atoms with Gasteiger partial charge in [-0.05, 0) is 25.5 Å². The van der Waals surface area contributed by atoms with E-state index in [0.29, 0.717) is 18.7 Å². The predicted octanol–water partition coefficient (Wildman–Crippen LogP) is 2.12. The van der Waals surface area contributed by atoms with Gasteiger partial charge in [-0.25, -0.2) is 23.4 Å². The lowest BCUT2D eigenvalue weighted by atomic mass is 10.2. The summed E-state index contributed by atoms with van der Waals surface area (Å²) in [6.07, 6.45) is 0.960. The smallest absolute Gasteiger partial charge is 0.225 e. The van der Waals surface area contributed by atoms with Crippen molar-refractivity contribution in [1.82, 2.24) is 19.7 Å². The van der Waals surface area contributed by atoms with Gasteiger partial charge in [0, 0.05) is 17.4 Å². The molecule has 3 aromatic rings. The van der Waals surface area contributed by atoms with Crippen molar-refractivity contribution < 1.29 is 13.6 Å². The second kappa shape index (κ2) is 7.06. The minimum atomic E-state index is -0.759. The molecule has 0 saturated carbocycles. The van der Waals surface area contributed by atoms with Gasteiger partial charge in [-0.1, -0.05) is 0 Å². The maximum Gasteiger partial charge on any atom is 0.225 e. The maximum absolute atomic E-state index is 14.1. The highest BCUT2D eigenvalue weighted by molar-refractivity contribution is 7.09. The van der Waals surface area contributed by atoms with E-state index in [-0.39, 0.29) is 17.9 Å². The van der Waals surface area contributed by atoms with Crippen LogP contribution in [0.3, 0.4) is 0 Å². The zero-order chi connectivity index (χ0) is 18.0. The Bertz CT molecular complexity index is 921. The first kappa shape index (κ1) is 17.2. The highest BCUT2D eigenvalue weighted by atomic mass is 32.1. The minimum Gasteiger partial charge on any atom is -0.369 e. The maximum atomic E-state index is 14.1. The van der Waals surface area contributed by atoms with Crippen molar-refractivity contribution >= 4 is 17.2 Å². The fraction of sp³-hybridized carbons (Fsp3) is 0.250. The van der Waals surface area contributed by atoms with Crippen LogP contribution in [0.5, 0.6) is 0 Å². The number of nitrogens with zero attached hydrogens (tertiary/aromatic N) is 4. The molecule has 2 heterocycles. The van der Waals surface area contributed by atoms with Gasteiger partial charge in [0.1, 0.15) is 17.3 Å². The normalized spacial score (nSPS) is 11.0. The lowest BCUT2D eigenvalue weighted by Crippen LogP contribution is -2.14. The molecule has 130 valence electrons. The number of aromatic nitrogens is 4. The van der Waals surface area contributed by atoms with E-state index in [1.165, 1.54) is 22.1 Å². The first-order valence-corrected chi connectivity index (χ1v) is 8.39. The van der Waals surface area contributed by atoms with Crippen molar-refractivity contribution in [2.24, 2.45) is 5.73 Å². The number of nitrogens with two attached hydrogens (primary N) is 1. The number of benzene rings is 1. The van der Waals surface area contributed by atoms with Crippen molar-refractivity contribution in [2.45, 2.75) is 26.2 Å². The second-order valence-electron chi connectivity index (χ2n) is 5.46. The molecule has 0 radical (unpaired) electrons. The molecule has 25 heavy (non-hydrogen) atoms. The molecule has 1 amide bonds. The minimum absolute atomic E-state index is 0.0700. The molecule has 3 rings (SSSR count). The molecule has 9 heteroatoms. The third-order valence-corrected chi connectivity index (χ3v) is 4.60. The van der Waals surface area contributed by atoms with Crippen molar-refractivity contribution in [3.05, 3.63) is 57.6 Å². The quantitative estimate of drug-likeness (QED) is 0.727. The van der Waals surface area contributed by atoms with E-state index in [1.54, 1.807) is 5.51 Å². The fourth-order valence-electron chi connectivity index (χ4n) is 2.42. The number of carbonyl (C=O) groups is 1. The number of hydrogen-bond donors (Lipinski definition) is 1. The summed E-state index contributed by atoms with van der Waals surface area (Å²) in [6.45, 7) is 1.91. The van der Waals surface area contributed by atoms with Crippen LogP contribution in [0.15, 0.2) is 23.7 Å². The number of aryl methyl sites for hydroxylation is 3. The van der Waals surface area contributed by atoms with Crippen LogP contribution in [0.2, 0.25) is 0 Å². The van der Waals surface area contributed by atoms with Gasteiger partial charge in [-0.3, -0.25) is 4.79 Å². The Morgan fingerprint density at radius 3 is 2.76 bits per heavy atom. The summed E-state index contributed by atoms with van der Waals surface area (Å²) in [4.78, 5) is 20.7. The fourth-order valence-corrected chi connectivity index (χ4v) is 3.20. The van der Waals surface area contributed by atoms with Crippen molar-refractivity contribution in [1.29, 1.82) is 0 Å². The second-order valence-corrected chi connectivity index (χ2v) is 6.40.